The van der Waals surface area contributed by atoms with E-state index >= 15 is 0 Å². The molecule has 1 saturated heterocycles. The Morgan fingerprint density at radius 1 is 1.44 bits per heavy atom. The Bertz CT molecular complexity index is 709. The van der Waals surface area contributed by atoms with E-state index in [9.17, 15) is 19.8 Å². The zero-order valence-electron chi connectivity index (χ0n) is 15.8. The third kappa shape index (κ3) is 3.24. The van der Waals surface area contributed by atoms with Crippen LogP contribution in [0.1, 0.15) is 33.6 Å². The minimum atomic E-state index is -2.09. The summed E-state index contributed by atoms with van der Waals surface area (Å²) in [4.78, 5) is 25.0. The monoisotopic (exact) mass is 378 g/mol. The SMILES string of the molecule is C=C1C(=O)O[C@@H]2[C@H]1C[C@@H](O)[C@H](C)[C@@](O)(C(=O)/C=C/C)[C@H]2O[C@H]1CC=C(C)O1. The van der Waals surface area contributed by atoms with Crippen LogP contribution in [0.5, 0.6) is 0 Å². The molecule has 0 aromatic heterocycles. The average Bonchev–Trinajstić information content (AvgIpc) is 3.14. The van der Waals surface area contributed by atoms with Crippen molar-refractivity contribution in [2.24, 2.45) is 11.8 Å². The van der Waals surface area contributed by atoms with Crippen LogP contribution in [0, 0.1) is 11.8 Å². The van der Waals surface area contributed by atoms with Crippen LogP contribution in [-0.2, 0) is 23.8 Å². The normalized spacial score (nSPS) is 41.7. The standard InChI is InChI=1S/C20H26O7/c1-5-6-15(22)20(24)12(4)14(21)9-13-11(3)19(23)27-17(13)18(20)26-16-8-7-10(2)25-16/h5-7,12-14,16-18,21,24H,3,8-9H2,1-2,4H3/b6-5+/t12-,13-,14+,16-,17+,18-,20+/m0/s1. The van der Waals surface area contributed by atoms with Crippen molar-refractivity contribution in [3.05, 3.63) is 36.1 Å². The highest BCUT2D eigenvalue weighted by Gasteiger charge is 2.61. The lowest BCUT2D eigenvalue weighted by Gasteiger charge is -2.40. The Morgan fingerprint density at radius 3 is 2.74 bits per heavy atom. The molecule has 7 atom stereocenters. The van der Waals surface area contributed by atoms with Gasteiger partial charge in [-0.2, -0.15) is 0 Å². The van der Waals surface area contributed by atoms with Crippen molar-refractivity contribution in [2.45, 2.75) is 63.8 Å². The highest BCUT2D eigenvalue weighted by molar-refractivity contribution is 5.98. The van der Waals surface area contributed by atoms with Crippen LogP contribution < -0.4 is 0 Å². The number of ketones is 1. The van der Waals surface area contributed by atoms with Gasteiger partial charge in [0.05, 0.1) is 11.9 Å². The highest BCUT2D eigenvalue weighted by atomic mass is 16.7. The lowest BCUT2D eigenvalue weighted by Crippen LogP contribution is -2.61. The summed E-state index contributed by atoms with van der Waals surface area (Å²) >= 11 is 0. The van der Waals surface area contributed by atoms with E-state index in [1.807, 2.05) is 6.08 Å². The van der Waals surface area contributed by atoms with Gasteiger partial charge in [0.15, 0.2) is 11.4 Å². The number of aliphatic hydroxyl groups is 2. The number of esters is 1. The van der Waals surface area contributed by atoms with Crippen LogP contribution >= 0.6 is 0 Å². The van der Waals surface area contributed by atoms with Crippen molar-refractivity contribution in [1.29, 1.82) is 0 Å². The number of hydrogen-bond donors (Lipinski definition) is 2. The first-order valence-corrected chi connectivity index (χ1v) is 9.16. The molecule has 7 heteroatoms. The number of ether oxygens (including phenoxy) is 3. The summed E-state index contributed by atoms with van der Waals surface area (Å²) in [5.41, 5.74) is -1.87. The predicted octanol–water partition coefficient (Wildman–Crippen LogP) is 1.40. The topological polar surface area (TPSA) is 102 Å². The Kier molecular flexibility index (Phi) is 5.29. The van der Waals surface area contributed by atoms with Gasteiger partial charge in [0.25, 0.3) is 0 Å². The molecule has 0 spiro atoms. The fourth-order valence-electron chi connectivity index (χ4n) is 4.09. The Morgan fingerprint density at radius 2 is 2.15 bits per heavy atom. The lowest BCUT2D eigenvalue weighted by molar-refractivity contribution is -0.232. The van der Waals surface area contributed by atoms with Gasteiger partial charge >= 0.3 is 5.97 Å². The molecule has 148 valence electrons. The first kappa shape index (κ1) is 19.8. The molecule has 0 amide bonds. The molecule has 0 radical (unpaired) electrons. The van der Waals surface area contributed by atoms with Gasteiger partial charge < -0.3 is 24.4 Å². The second-order valence-electron chi connectivity index (χ2n) is 7.44. The molecule has 1 aliphatic carbocycles. The van der Waals surface area contributed by atoms with Crippen LogP contribution in [0.2, 0.25) is 0 Å². The first-order chi connectivity index (χ1) is 12.7. The summed E-state index contributed by atoms with van der Waals surface area (Å²) in [6.07, 6.45) is 1.28. The molecule has 3 aliphatic rings. The van der Waals surface area contributed by atoms with Crippen molar-refractivity contribution >= 4 is 11.8 Å². The number of rotatable bonds is 4. The molecule has 3 rings (SSSR count). The fourth-order valence-corrected chi connectivity index (χ4v) is 4.09. The van der Waals surface area contributed by atoms with E-state index < -0.39 is 53.8 Å². The van der Waals surface area contributed by atoms with Gasteiger partial charge in [-0.1, -0.05) is 19.6 Å². The molecule has 7 nitrogen and oxygen atoms in total. The summed E-state index contributed by atoms with van der Waals surface area (Å²) in [5, 5.41) is 22.2. The zero-order valence-corrected chi connectivity index (χ0v) is 15.8. The van der Waals surface area contributed by atoms with Gasteiger partial charge in [0.1, 0.15) is 12.2 Å². The number of allylic oxidation sites excluding steroid dienone is 2. The maximum Gasteiger partial charge on any atom is 0.334 e. The van der Waals surface area contributed by atoms with Crippen LogP contribution in [0.3, 0.4) is 0 Å². The number of carbonyl (C=O) groups is 2. The molecule has 0 aromatic carbocycles. The maximum absolute atomic E-state index is 12.9. The summed E-state index contributed by atoms with van der Waals surface area (Å²) in [6, 6.07) is 0. The average molecular weight is 378 g/mol. The van der Waals surface area contributed by atoms with Gasteiger partial charge in [-0.05, 0) is 32.4 Å². The zero-order chi connectivity index (χ0) is 19.9. The minimum absolute atomic E-state index is 0.143. The van der Waals surface area contributed by atoms with Gasteiger partial charge in [-0.3, -0.25) is 4.79 Å². The molecule has 2 heterocycles. The molecule has 0 bridgehead atoms. The molecule has 0 unspecified atom stereocenters. The summed E-state index contributed by atoms with van der Waals surface area (Å²) in [6.45, 7) is 8.79. The van der Waals surface area contributed by atoms with Crippen molar-refractivity contribution in [2.75, 3.05) is 0 Å². The Labute approximate surface area is 158 Å². The molecular weight excluding hydrogens is 352 g/mol. The number of hydrogen-bond acceptors (Lipinski definition) is 7. The van der Waals surface area contributed by atoms with E-state index in [0.29, 0.717) is 12.2 Å². The van der Waals surface area contributed by atoms with Crippen LogP contribution in [0.15, 0.2) is 36.1 Å². The van der Waals surface area contributed by atoms with Crippen LogP contribution in [0.25, 0.3) is 0 Å². The fraction of sp³-hybridized carbons (Fsp3) is 0.600. The summed E-state index contributed by atoms with van der Waals surface area (Å²) < 4.78 is 17.0. The van der Waals surface area contributed by atoms with Crippen molar-refractivity contribution < 1.29 is 34.0 Å². The first-order valence-electron chi connectivity index (χ1n) is 9.16. The second kappa shape index (κ2) is 7.22. The van der Waals surface area contributed by atoms with Crippen LogP contribution in [0.4, 0.5) is 0 Å². The second-order valence-corrected chi connectivity index (χ2v) is 7.44. The summed E-state index contributed by atoms with van der Waals surface area (Å²) in [5.74, 6) is -1.95. The molecule has 2 aliphatic heterocycles. The Balaban J connectivity index is 2.04. The van der Waals surface area contributed by atoms with Crippen LogP contribution in [-0.4, -0.2) is 52.2 Å². The van der Waals surface area contributed by atoms with E-state index in [2.05, 4.69) is 6.58 Å². The molecule has 2 fully saturated rings. The third-order valence-corrected chi connectivity index (χ3v) is 5.77. The predicted molar refractivity (Wildman–Crippen MR) is 95.2 cm³/mol. The lowest BCUT2D eigenvalue weighted by atomic mass is 9.77. The largest absolute Gasteiger partial charge is 0.470 e. The van der Waals surface area contributed by atoms with E-state index in [1.165, 1.54) is 12.2 Å². The third-order valence-electron chi connectivity index (χ3n) is 5.77. The molecular formula is C20H26O7. The number of aliphatic hydroxyl groups excluding tert-OH is 1. The number of fused-ring (bicyclic) bond motifs is 1. The van der Waals surface area contributed by atoms with Gasteiger partial charge in [-0.25, -0.2) is 4.79 Å². The van der Waals surface area contributed by atoms with Gasteiger partial charge in [0, 0.05) is 23.8 Å². The number of carbonyl (C=O) groups excluding carboxylic acids is 2. The van der Waals surface area contributed by atoms with E-state index in [0.717, 1.165) is 0 Å². The quantitative estimate of drug-likeness (QED) is 0.563. The summed E-state index contributed by atoms with van der Waals surface area (Å²) in [7, 11) is 0. The van der Waals surface area contributed by atoms with Crippen molar-refractivity contribution in [3.8, 4) is 0 Å². The van der Waals surface area contributed by atoms with Crippen molar-refractivity contribution in [3.63, 3.8) is 0 Å². The maximum atomic E-state index is 12.9. The molecule has 2 N–H and O–H groups in total. The van der Waals surface area contributed by atoms with E-state index in [1.54, 1.807) is 20.8 Å². The van der Waals surface area contributed by atoms with Gasteiger partial charge in [-0.15, -0.1) is 0 Å². The minimum Gasteiger partial charge on any atom is -0.470 e. The van der Waals surface area contributed by atoms with E-state index in [-0.39, 0.29) is 12.0 Å². The van der Waals surface area contributed by atoms with E-state index in [4.69, 9.17) is 14.2 Å². The molecule has 1 saturated carbocycles. The molecule has 0 aromatic rings. The van der Waals surface area contributed by atoms with Crippen molar-refractivity contribution in [1.82, 2.24) is 0 Å². The smallest absolute Gasteiger partial charge is 0.334 e. The Hall–Kier alpha value is -1.96. The highest BCUT2D eigenvalue weighted by Crippen LogP contribution is 2.45. The molecule has 27 heavy (non-hydrogen) atoms. The van der Waals surface area contributed by atoms with Gasteiger partial charge in [0.2, 0.25) is 6.29 Å².